The summed E-state index contributed by atoms with van der Waals surface area (Å²) in [5.74, 6) is -0.144. The van der Waals surface area contributed by atoms with Gasteiger partial charge in [0.2, 0.25) is 0 Å². The van der Waals surface area contributed by atoms with E-state index in [0.717, 1.165) is 12.8 Å². The normalized spacial score (nSPS) is 10.4. The van der Waals surface area contributed by atoms with Gasteiger partial charge in [-0.2, -0.15) is 5.10 Å². The lowest BCUT2D eigenvalue weighted by atomic mass is 10.2. The van der Waals surface area contributed by atoms with Gasteiger partial charge in [0.05, 0.1) is 11.9 Å². The van der Waals surface area contributed by atoms with Crippen LogP contribution in [0.3, 0.4) is 0 Å². The van der Waals surface area contributed by atoms with E-state index in [0.29, 0.717) is 17.9 Å². The molecule has 0 bridgehead atoms. The Balaban J connectivity index is 2.36. The zero-order valence-corrected chi connectivity index (χ0v) is 9.99. The van der Waals surface area contributed by atoms with E-state index in [1.807, 2.05) is 0 Å². The smallest absolute Gasteiger partial charge is 0.271 e. The summed E-state index contributed by atoms with van der Waals surface area (Å²) in [7, 11) is 1.71. The van der Waals surface area contributed by atoms with Gasteiger partial charge in [-0.25, -0.2) is 0 Å². The molecule has 0 aliphatic carbocycles. The van der Waals surface area contributed by atoms with Crippen molar-refractivity contribution in [1.82, 2.24) is 15.1 Å². The molecule has 1 aromatic heterocycles. The van der Waals surface area contributed by atoms with Crippen molar-refractivity contribution in [2.24, 2.45) is 7.05 Å². The Labute approximate surface area is 96.0 Å². The molecule has 90 valence electrons. The lowest BCUT2D eigenvalue weighted by Gasteiger charge is -2.05. The highest BCUT2D eigenvalue weighted by Crippen LogP contribution is 2.08. The van der Waals surface area contributed by atoms with Gasteiger partial charge in [0.15, 0.2) is 0 Å². The van der Waals surface area contributed by atoms with E-state index >= 15 is 0 Å². The maximum absolute atomic E-state index is 11.7. The largest absolute Gasteiger partial charge is 0.396 e. The number of unbranched alkanes of at least 4 members (excludes halogenated alkanes) is 3. The van der Waals surface area contributed by atoms with Gasteiger partial charge in [-0.3, -0.25) is 9.48 Å². The van der Waals surface area contributed by atoms with Crippen LogP contribution in [0.1, 0.15) is 43.1 Å². The number of carbonyl (C=O) groups excluding carboxylic acids is 1. The zero-order valence-electron chi connectivity index (χ0n) is 9.99. The number of nitrogens with one attached hydrogen (secondary N) is 1. The van der Waals surface area contributed by atoms with Crippen LogP contribution in [0, 0.1) is 0 Å². The molecule has 0 spiro atoms. The van der Waals surface area contributed by atoms with Crippen molar-refractivity contribution in [1.29, 1.82) is 0 Å². The Morgan fingerprint density at radius 2 is 2.25 bits per heavy atom. The Morgan fingerprint density at radius 3 is 2.81 bits per heavy atom. The molecule has 0 unspecified atom stereocenters. The summed E-state index contributed by atoms with van der Waals surface area (Å²) in [6.07, 6.45) is 6.06. The fourth-order valence-electron chi connectivity index (χ4n) is 1.57. The van der Waals surface area contributed by atoms with Crippen molar-refractivity contribution in [2.45, 2.75) is 32.6 Å². The predicted molar refractivity (Wildman–Crippen MR) is 64.1 cm³/mol. The molecular formula is C11H20N4O. The van der Waals surface area contributed by atoms with Gasteiger partial charge < -0.3 is 11.1 Å². The fourth-order valence-corrected chi connectivity index (χ4v) is 1.57. The Hall–Kier alpha value is -1.52. The quantitative estimate of drug-likeness (QED) is 0.716. The lowest BCUT2D eigenvalue weighted by Crippen LogP contribution is -2.27. The summed E-state index contributed by atoms with van der Waals surface area (Å²) >= 11 is 0. The minimum Gasteiger partial charge on any atom is -0.396 e. The topological polar surface area (TPSA) is 72.9 Å². The molecule has 1 amide bonds. The molecule has 16 heavy (non-hydrogen) atoms. The highest BCUT2D eigenvalue weighted by atomic mass is 16.2. The number of aromatic nitrogens is 2. The van der Waals surface area contributed by atoms with Crippen LogP contribution in [0.4, 0.5) is 5.69 Å². The summed E-state index contributed by atoms with van der Waals surface area (Å²) in [5.41, 5.74) is 6.51. The van der Waals surface area contributed by atoms with Crippen molar-refractivity contribution < 1.29 is 4.79 Å². The molecule has 5 heteroatoms. The van der Waals surface area contributed by atoms with E-state index in [1.54, 1.807) is 7.05 Å². The molecule has 3 N–H and O–H groups in total. The summed E-state index contributed by atoms with van der Waals surface area (Å²) in [5, 5.41) is 6.77. The number of rotatable bonds is 6. The van der Waals surface area contributed by atoms with Gasteiger partial charge in [0.1, 0.15) is 5.69 Å². The molecule has 5 nitrogen and oxygen atoms in total. The van der Waals surface area contributed by atoms with Crippen LogP contribution in [0.15, 0.2) is 6.20 Å². The monoisotopic (exact) mass is 224 g/mol. The molecule has 0 aromatic carbocycles. The van der Waals surface area contributed by atoms with Crippen LogP contribution in [0.2, 0.25) is 0 Å². The molecule has 1 aromatic rings. The minimum atomic E-state index is -0.144. The van der Waals surface area contributed by atoms with E-state index < -0.39 is 0 Å². The first kappa shape index (κ1) is 12.5. The third kappa shape index (κ3) is 3.25. The molecule has 0 fully saturated rings. The molecule has 0 aliphatic heterocycles. The van der Waals surface area contributed by atoms with E-state index in [9.17, 15) is 4.79 Å². The van der Waals surface area contributed by atoms with Crippen LogP contribution < -0.4 is 11.1 Å². The fraction of sp³-hybridized carbons (Fsp3) is 0.636. The number of hydrogen-bond acceptors (Lipinski definition) is 3. The van der Waals surface area contributed by atoms with Crippen molar-refractivity contribution >= 4 is 11.6 Å². The van der Waals surface area contributed by atoms with E-state index in [1.165, 1.54) is 23.7 Å². The first-order valence-corrected chi connectivity index (χ1v) is 5.72. The minimum absolute atomic E-state index is 0.144. The van der Waals surface area contributed by atoms with Crippen LogP contribution in [0.25, 0.3) is 0 Å². The zero-order chi connectivity index (χ0) is 12.0. The summed E-state index contributed by atoms with van der Waals surface area (Å²) in [6.45, 7) is 2.86. The number of aryl methyl sites for hydroxylation is 1. The molecule has 1 heterocycles. The molecule has 0 saturated carbocycles. The van der Waals surface area contributed by atoms with Gasteiger partial charge in [-0.15, -0.1) is 0 Å². The standard InChI is InChI=1S/C11H20N4O/c1-3-4-5-6-7-13-11(16)10-9(12)8-14-15(10)2/h8H,3-7,12H2,1-2H3,(H,13,16). The Morgan fingerprint density at radius 1 is 1.50 bits per heavy atom. The first-order valence-electron chi connectivity index (χ1n) is 5.72. The summed E-state index contributed by atoms with van der Waals surface area (Å²) in [4.78, 5) is 11.7. The molecule has 0 radical (unpaired) electrons. The third-order valence-electron chi connectivity index (χ3n) is 2.50. The maximum Gasteiger partial charge on any atom is 0.271 e. The predicted octanol–water partition coefficient (Wildman–Crippen LogP) is 1.31. The Bertz CT molecular complexity index is 326. The molecule has 0 saturated heterocycles. The summed E-state index contributed by atoms with van der Waals surface area (Å²) in [6, 6.07) is 0. The lowest BCUT2D eigenvalue weighted by molar-refractivity contribution is 0.0944. The van der Waals surface area contributed by atoms with Gasteiger partial charge in [-0.05, 0) is 6.42 Å². The number of nitrogens with zero attached hydrogens (tertiary/aromatic N) is 2. The number of carbonyl (C=O) groups is 1. The second kappa shape index (κ2) is 6.15. The average Bonchev–Trinajstić information content (AvgIpc) is 2.58. The van der Waals surface area contributed by atoms with E-state index in [4.69, 9.17) is 5.73 Å². The SMILES string of the molecule is CCCCCCNC(=O)c1c(N)cnn1C. The number of nitrogen functional groups attached to an aromatic ring is 1. The van der Waals surface area contributed by atoms with Gasteiger partial charge in [0, 0.05) is 13.6 Å². The highest BCUT2D eigenvalue weighted by Gasteiger charge is 2.13. The van der Waals surface area contributed by atoms with Crippen molar-refractivity contribution in [3.8, 4) is 0 Å². The molecule has 0 aliphatic rings. The van der Waals surface area contributed by atoms with Crippen LogP contribution >= 0.6 is 0 Å². The molecule has 1 rings (SSSR count). The van der Waals surface area contributed by atoms with Crippen molar-refractivity contribution in [2.75, 3.05) is 12.3 Å². The van der Waals surface area contributed by atoms with Crippen LogP contribution in [0.5, 0.6) is 0 Å². The summed E-state index contributed by atoms with van der Waals surface area (Å²) < 4.78 is 1.50. The number of nitrogens with two attached hydrogens (primary N) is 1. The number of amides is 1. The van der Waals surface area contributed by atoms with Crippen molar-refractivity contribution in [3.05, 3.63) is 11.9 Å². The second-order valence-electron chi connectivity index (χ2n) is 3.89. The molecular weight excluding hydrogens is 204 g/mol. The maximum atomic E-state index is 11.7. The van der Waals surface area contributed by atoms with Gasteiger partial charge >= 0.3 is 0 Å². The Kier molecular flexibility index (Phi) is 4.82. The molecule has 0 atom stereocenters. The van der Waals surface area contributed by atoms with E-state index in [-0.39, 0.29) is 5.91 Å². The van der Waals surface area contributed by atoms with Crippen LogP contribution in [-0.4, -0.2) is 22.2 Å². The van der Waals surface area contributed by atoms with Gasteiger partial charge in [0.25, 0.3) is 5.91 Å². The van der Waals surface area contributed by atoms with E-state index in [2.05, 4.69) is 17.3 Å². The number of hydrogen-bond donors (Lipinski definition) is 2. The third-order valence-corrected chi connectivity index (χ3v) is 2.50. The highest BCUT2D eigenvalue weighted by molar-refractivity contribution is 5.97. The average molecular weight is 224 g/mol. The second-order valence-corrected chi connectivity index (χ2v) is 3.89. The van der Waals surface area contributed by atoms with Crippen LogP contribution in [-0.2, 0) is 7.05 Å². The van der Waals surface area contributed by atoms with Crippen molar-refractivity contribution in [3.63, 3.8) is 0 Å². The van der Waals surface area contributed by atoms with Gasteiger partial charge in [-0.1, -0.05) is 26.2 Å². The number of anilines is 1. The first-order chi connectivity index (χ1) is 7.66.